The quantitative estimate of drug-likeness (QED) is 0.443. The van der Waals surface area contributed by atoms with Gasteiger partial charge in [-0.3, -0.25) is 0 Å². The van der Waals surface area contributed by atoms with E-state index in [4.69, 9.17) is 25.2 Å². The zero-order valence-electron chi connectivity index (χ0n) is 11.0. The number of ether oxygens (including phenoxy) is 1. The van der Waals surface area contributed by atoms with Gasteiger partial charge in [-0.1, -0.05) is 39.5 Å². The molecule has 106 valence electrons. The van der Waals surface area contributed by atoms with Crippen LogP contribution in [0.5, 0.6) is 0 Å². The number of hydrogen-bond acceptors (Lipinski definition) is 5. The highest BCUT2D eigenvalue weighted by Gasteiger charge is 2.04. The minimum absolute atomic E-state index is 0.0342. The van der Waals surface area contributed by atoms with Gasteiger partial charge in [0.05, 0.1) is 26.4 Å². The van der Waals surface area contributed by atoms with Crippen molar-refractivity contribution in [2.24, 2.45) is 0 Å². The highest BCUT2D eigenvalue weighted by Crippen LogP contribution is 1.95. The van der Waals surface area contributed by atoms with Crippen LogP contribution in [0.25, 0.3) is 0 Å². The van der Waals surface area contributed by atoms with Gasteiger partial charge >= 0.3 is 0 Å². The molecule has 2 unspecified atom stereocenters. The Labute approximate surface area is 104 Å². The van der Waals surface area contributed by atoms with Crippen LogP contribution in [0.15, 0.2) is 0 Å². The molecule has 4 N–H and O–H groups in total. The molecule has 0 spiro atoms. The smallest absolute Gasteiger partial charge is 0.100 e. The zero-order chi connectivity index (χ0) is 13.5. The molecule has 0 heterocycles. The van der Waals surface area contributed by atoms with Crippen LogP contribution in [0.1, 0.15) is 39.5 Å². The van der Waals surface area contributed by atoms with E-state index in [0.29, 0.717) is 0 Å². The van der Waals surface area contributed by atoms with E-state index in [-0.39, 0.29) is 26.4 Å². The molecule has 5 nitrogen and oxygen atoms in total. The summed E-state index contributed by atoms with van der Waals surface area (Å²) in [6.45, 7) is 3.66. The van der Waals surface area contributed by atoms with Crippen molar-refractivity contribution in [2.45, 2.75) is 51.7 Å². The third kappa shape index (κ3) is 18.4. The van der Waals surface area contributed by atoms with E-state index in [0.717, 1.165) is 0 Å². The first kappa shape index (κ1) is 19.1. The van der Waals surface area contributed by atoms with Crippen molar-refractivity contribution in [3.8, 4) is 0 Å². The Balaban J connectivity index is 0. The Kier molecular flexibility index (Phi) is 17.8. The van der Waals surface area contributed by atoms with Gasteiger partial charge in [0.15, 0.2) is 0 Å². The molecule has 0 aliphatic rings. The van der Waals surface area contributed by atoms with E-state index in [1.807, 2.05) is 0 Å². The Morgan fingerprint density at radius 1 is 0.824 bits per heavy atom. The zero-order valence-corrected chi connectivity index (χ0v) is 11.0. The predicted octanol–water partition coefficient (Wildman–Crippen LogP) is 0.296. The largest absolute Gasteiger partial charge is 0.394 e. The van der Waals surface area contributed by atoms with E-state index < -0.39 is 12.2 Å². The summed E-state index contributed by atoms with van der Waals surface area (Å²) in [6.07, 6.45) is 3.70. The molecule has 0 saturated carbocycles. The van der Waals surface area contributed by atoms with Crippen LogP contribution in [0, 0.1) is 0 Å². The second-order valence-corrected chi connectivity index (χ2v) is 3.92. The first-order valence-electron chi connectivity index (χ1n) is 6.27. The van der Waals surface area contributed by atoms with Crippen LogP contribution in [0.2, 0.25) is 0 Å². The third-order valence-corrected chi connectivity index (χ3v) is 2.00. The highest BCUT2D eigenvalue weighted by molar-refractivity contribution is 4.52. The summed E-state index contributed by atoms with van der Waals surface area (Å²) in [4.78, 5) is 0. The summed E-state index contributed by atoms with van der Waals surface area (Å²) in [5.74, 6) is 0. The Hall–Kier alpha value is -0.200. The van der Waals surface area contributed by atoms with Crippen molar-refractivity contribution >= 4 is 0 Å². The van der Waals surface area contributed by atoms with Crippen molar-refractivity contribution in [2.75, 3.05) is 26.4 Å². The lowest BCUT2D eigenvalue weighted by molar-refractivity contribution is -0.0364. The van der Waals surface area contributed by atoms with Gasteiger partial charge in [0.25, 0.3) is 0 Å². The number of aliphatic hydroxyl groups excluding tert-OH is 4. The van der Waals surface area contributed by atoms with Crippen molar-refractivity contribution in [3.05, 3.63) is 0 Å². The van der Waals surface area contributed by atoms with Crippen LogP contribution < -0.4 is 0 Å². The van der Waals surface area contributed by atoms with Gasteiger partial charge in [-0.15, -0.1) is 0 Å². The maximum absolute atomic E-state index is 8.72. The molecule has 0 aliphatic heterocycles. The lowest BCUT2D eigenvalue weighted by Gasteiger charge is -2.10. The van der Waals surface area contributed by atoms with Gasteiger partial charge in [0.2, 0.25) is 0 Å². The van der Waals surface area contributed by atoms with E-state index in [1.165, 1.54) is 25.7 Å². The fourth-order valence-corrected chi connectivity index (χ4v) is 0.946. The van der Waals surface area contributed by atoms with Gasteiger partial charge in [0.1, 0.15) is 12.2 Å². The van der Waals surface area contributed by atoms with Gasteiger partial charge in [0, 0.05) is 0 Å². The number of rotatable bonds is 9. The molecule has 5 heteroatoms. The third-order valence-electron chi connectivity index (χ3n) is 2.00. The van der Waals surface area contributed by atoms with Crippen LogP contribution in [-0.2, 0) is 4.74 Å². The van der Waals surface area contributed by atoms with E-state index in [9.17, 15) is 0 Å². The average molecular weight is 252 g/mol. The predicted molar refractivity (Wildman–Crippen MR) is 66.8 cm³/mol. The molecule has 0 amide bonds. The fourth-order valence-electron chi connectivity index (χ4n) is 0.946. The Bertz CT molecular complexity index is 118. The standard InChI is InChI=1S/C6H14O5.C6H14/c7-1-5(9)3-11-4-6(10)2-8;1-3-5-6-4-2/h5-10H,1-4H2;3-6H2,1-2H3. The summed E-state index contributed by atoms with van der Waals surface area (Å²) >= 11 is 0. The summed E-state index contributed by atoms with van der Waals surface area (Å²) < 4.78 is 4.72. The Morgan fingerprint density at radius 2 is 1.18 bits per heavy atom. The van der Waals surface area contributed by atoms with Crippen molar-refractivity contribution < 1.29 is 25.2 Å². The molecule has 0 aliphatic carbocycles. The number of aliphatic hydroxyl groups is 4. The topological polar surface area (TPSA) is 90.2 Å². The summed E-state index contributed by atoms with van der Waals surface area (Å²) in [6, 6.07) is 0. The van der Waals surface area contributed by atoms with Crippen LogP contribution in [0.3, 0.4) is 0 Å². The van der Waals surface area contributed by atoms with Gasteiger partial charge in [-0.25, -0.2) is 0 Å². The Morgan fingerprint density at radius 3 is 1.41 bits per heavy atom. The average Bonchev–Trinajstić information content (AvgIpc) is 2.36. The number of hydrogen-bond donors (Lipinski definition) is 4. The maximum Gasteiger partial charge on any atom is 0.100 e. The molecule has 0 rings (SSSR count). The van der Waals surface area contributed by atoms with Gasteiger partial charge in [-0.2, -0.15) is 0 Å². The molecule has 0 radical (unpaired) electrons. The SMILES string of the molecule is CCCCCC.OCC(O)COCC(O)CO. The molecule has 0 saturated heterocycles. The molecular weight excluding hydrogens is 224 g/mol. The summed E-state index contributed by atoms with van der Waals surface area (Å²) in [7, 11) is 0. The maximum atomic E-state index is 8.72. The minimum atomic E-state index is -0.916. The van der Waals surface area contributed by atoms with Crippen LogP contribution in [-0.4, -0.2) is 59.1 Å². The first-order chi connectivity index (χ1) is 8.12. The lowest BCUT2D eigenvalue weighted by Crippen LogP contribution is -2.25. The van der Waals surface area contributed by atoms with Crippen LogP contribution in [0.4, 0.5) is 0 Å². The van der Waals surface area contributed by atoms with E-state index in [2.05, 4.69) is 13.8 Å². The fraction of sp³-hybridized carbons (Fsp3) is 1.00. The normalized spacial score (nSPS) is 13.8. The lowest BCUT2D eigenvalue weighted by atomic mass is 10.2. The first-order valence-corrected chi connectivity index (χ1v) is 6.27. The summed E-state index contributed by atoms with van der Waals surface area (Å²) in [5, 5.41) is 34.1. The molecular formula is C12H28O5. The van der Waals surface area contributed by atoms with E-state index in [1.54, 1.807) is 0 Å². The van der Waals surface area contributed by atoms with Gasteiger partial charge in [-0.05, 0) is 0 Å². The van der Waals surface area contributed by atoms with Gasteiger partial charge < -0.3 is 25.2 Å². The van der Waals surface area contributed by atoms with Crippen molar-refractivity contribution in [1.29, 1.82) is 0 Å². The van der Waals surface area contributed by atoms with E-state index >= 15 is 0 Å². The molecule has 0 fully saturated rings. The number of unbranched alkanes of at least 4 members (excludes halogenated alkanes) is 3. The molecule has 0 bridgehead atoms. The minimum Gasteiger partial charge on any atom is -0.394 e. The monoisotopic (exact) mass is 252 g/mol. The van der Waals surface area contributed by atoms with Crippen molar-refractivity contribution in [3.63, 3.8) is 0 Å². The molecule has 0 aromatic heterocycles. The van der Waals surface area contributed by atoms with Crippen LogP contribution >= 0.6 is 0 Å². The molecule has 0 aromatic rings. The molecule has 2 atom stereocenters. The second kappa shape index (κ2) is 15.8. The highest BCUT2D eigenvalue weighted by atomic mass is 16.5. The summed E-state index contributed by atoms with van der Waals surface area (Å²) in [5.41, 5.74) is 0. The molecule has 0 aromatic carbocycles. The van der Waals surface area contributed by atoms with Crippen molar-refractivity contribution in [1.82, 2.24) is 0 Å². The molecule has 17 heavy (non-hydrogen) atoms. The second-order valence-electron chi connectivity index (χ2n) is 3.92.